The Labute approximate surface area is 216 Å². The molecule has 2 aliphatic heterocycles. The van der Waals surface area contributed by atoms with E-state index in [9.17, 15) is 9.59 Å². The Bertz CT molecular complexity index is 1130. The third kappa shape index (κ3) is 6.23. The van der Waals surface area contributed by atoms with Crippen molar-refractivity contribution >= 4 is 17.8 Å². The summed E-state index contributed by atoms with van der Waals surface area (Å²) in [5, 5.41) is 2.80. The minimum Gasteiger partial charge on any atom is -0.484 e. The standard InChI is InChI=1S/C27H35FN4O5/c1-26(2,3)37-25(34)32-13-9-12-21(32)23(33)29-15-18-14-20(28)22(30-24(18)35-5)31-16-27(4,17-31)36-19-10-7-6-8-11-19/h6-8,10-11,14,21H,9,12-13,15-17H2,1-5H3,(H,29,33). The van der Waals surface area contributed by atoms with Crippen molar-refractivity contribution in [2.75, 3.05) is 31.6 Å². The number of likely N-dealkylation sites (tertiary alicyclic amines) is 1. The summed E-state index contributed by atoms with van der Waals surface area (Å²) < 4.78 is 32.0. The number of rotatable bonds is 7. The number of nitrogens with zero attached hydrogens (tertiary/aromatic N) is 3. The summed E-state index contributed by atoms with van der Waals surface area (Å²) in [5.74, 6) is 0.321. The van der Waals surface area contributed by atoms with E-state index in [-0.39, 0.29) is 24.1 Å². The third-order valence-corrected chi connectivity index (χ3v) is 6.28. The highest BCUT2D eigenvalue weighted by Gasteiger charge is 2.43. The molecule has 37 heavy (non-hydrogen) atoms. The number of pyridine rings is 1. The summed E-state index contributed by atoms with van der Waals surface area (Å²) in [4.78, 5) is 33.0. The van der Waals surface area contributed by atoms with Gasteiger partial charge in [0.25, 0.3) is 0 Å². The monoisotopic (exact) mass is 514 g/mol. The molecule has 0 spiro atoms. The average molecular weight is 515 g/mol. The lowest BCUT2D eigenvalue weighted by Crippen LogP contribution is -2.63. The van der Waals surface area contributed by atoms with Crippen LogP contribution < -0.4 is 19.7 Å². The van der Waals surface area contributed by atoms with Gasteiger partial charge >= 0.3 is 6.09 Å². The van der Waals surface area contributed by atoms with Crippen LogP contribution in [0.1, 0.15) is 46.1 Å². The van der Waals surface area contributed by atoms with Gasteiger partial charge in [-0.25, -0.2) is 9.18 Å². The van der Waals surface area contributed by atoms with E-state index in [1.54, 1.807) is 25.7 Å². The van der Waals surface area contributed by atoms with Gasteiger partial charge in [-0.15, -0.1) is 0 Å². The predicted molar refractivity (Wildman–Crippen MR) is 136 cm³/mol. The molecule has 1 aromatic carbocycles. The van der Waals surface area contributed by atoms with E-state index in [0.717, 1.165) is 5.75 Å². The number of benzene rings is 1. The second kappa shape index (κ2) is 10.4. The number of carbonyl (C=O) groups excluding carboxylic acids is 2. The SMILES string of the molecule is COc1nc(N2CC(C)(Oc3ccccc3)C2)c(F)cc1CNC(=O)C1CCCN1C(=O)OC(C)(C)C. The van der Waals surface area contributed by atoms with Crippen LogP contribution in [0.5, 0.6) is 11.6 Å². The van der Waals surface area contributed by atoms with Crippen LogP contribution in [0.15, 0.2) is 36.4 Å². The van der Waals surface area contributed by atoms with Gasteiger partial charge in [0.1, 0.15) is 23.0 Å². The smallest absolute Gasteiger partial charge is 0.410 e. The topological polar surface area (TPSA) is 93.2 Å². The first-order valence-corrected chi connectivity index (χ1v) is 12.5. The van der Waals surface area contributed by atoms with E-state index in [4.69, 9.17) is 14.2 Å². The number of para-hydroxylation sites is 1. The fourth-order valence-corrected chi connectivity index (χ4v) is 4.65. The van der Waals surface area contributed by atoms with Crippen LogP contribution in [0.25, 0.3) is 0 Å². The van der Waals surface area contributed by atoms with E-state index in [2.05, 4.69) is 10.3 Å². The molecule has 0 radical (unpaired) electrons. The zero-order valence-corrected chi connectivity index (χ0v) is 22.0. The zero-order valence-electron chi connectivity index (χ0n) is 22.0. The van der Waals surface area contributed by atoms with Crippen molar-refractivity contribution in [1.29, 1.82) is 0 Å². The number of hydrogen-bond donors (Lipinski definition) is 1. The maximum atomic E-state index is 15.1. The van der Waals surface area contributed by atoms with E-state index in [1.807, 2.05) is 37.3 Å². The van der Waals surface area contributed by atoms with Gasteiger partial charge in [0, 0.05) is 18.7 Å². The van der Waals surface area contributed by atoms with Crippen molar-refractivity contribution in [1.82, 2.24) is 15.2 Å². The number of aromatic nitrogens is 1. The second-order valence-electron chi connectivity index (χ2n) is 10.7. The summed E-state index contributed by atoms with van der Waals surface area (Å²) in [7, 11) is 1.45. The number of ether oxygens (including phenoxy) is 3. The zero-order chi connectivity index (χ0) is 26.8. The van der Waals surface area contributed by atoms with Gasteiger partial charge in [-0.1, -0.05) is 18.2 Å². The highest BCUT2D eigenvalue weighted by atomic mass is 19.1. The average Bonchev–Trinajstić information content (AvgIpc) is 3.31. The van der Waals surface area contributed by atoms with E-state index in [0.29, 0.717) is 38.0 Å². The number of halogens is 1. The van der Waals surface area contributed by atoms with Crippen molar-refractivity contribution in [3.63, 3.8) is 0 Å². The van der Waals surface area contributed by atoms with Crippen LogP contribution >= 0.6 is 0 Å². The van der Waals surface area contributed by atoms with E-state index in [1.165, 1.54) is 18.1 Å². The van der Waals surface area contributed by atoms with Crippen LogP contribution in [-0.4, -0.2) is 65.9 Å². The molecule has 0 aliphatic carbocycles. The Morgan fingerprint density at radius 3 is 2.57 bits per heavy atom. The van der Waals surface area contributed by atoms with Crippen LogP contribution in [0.4, 0.5) is 15.0 Å². The van der Waals surface area contributed by atoms with Crippen LogP contribution in [0.3, 0.4) is 0 Å². The molecule has 9 nitrogen and oxygen atoms in total. The number of carbonyl (C=O) groups is 2. The minimum atomic E-state index is -0.652. The molecular formula is C27H35FN4O5. The first-order chi connectivity index (χ1) is 17.5. The van der Waals surface area contributed by atoms with Crippen molar-refractivity contribution < 1.29 is 28.2 Å². The largest absolute Gasteiger partial charge is 0.484 e. The maximum absolute atomic E-state index is 15.1. The normalized spacial score (nSPS) is 18.7. The molecule has 1 aromatic heterocycles. The third-order valence-electron chi connectivity index (χ3n) is 6.28. The molecule has 2 aliphatic rings. The molecule has 3 heterocycles. The molecule has 200 valence electrons. The quantitative estimate of drug-likeness (QED) is 0.599. The molecule has 2 fully saturated rings. The molecule has 1 atom stereocenters. The van der Waals surface area contributed by atoms with Gasteiger partial charge in [0.05, 0.1) is 20.2 Å². The second-order valence-corrected chi connectivity index (χ2v) is 10.7. The maximum Gasteiger partial charge on any atom is 0.410 e. The molecule has 0 bridgehead atoms. The van der Waals surface area contributed by atoms with Crippen LogP contribution in [0.2, 0.25) is 0 Å². The molecule has 0 saturated carbocycles. The summed E-state index contributed by atoms with van der Waals surface area (Å²) in [5.41, 5.74) is -0.709. The van der Waals surface area contributed by atoms with E-state index < -0.39 is 29.2 Å². The Morgan fingerprint density at radius 1 is 1.22 bits per heavy atom. The molecule has 2 saturated heterocycles. The minimum absolute atomic E-state index is 0.0136. The highest BCUT2D eigenvalue weighted by Crippen LogP contribution is 2.34. The van der Waals surface area contributed by atoms with Crippen molar-refractivity contribution in [2.24, 2.45) is 0 Å². The molecule has 2 amide bonds. The number of nitrogens with one attached hydrogen (secondary N) is 1. The lowest BCUT2D eigenvalue weighted by molar-refractivity contribution is -0.125. The van der Waals surface area contributed by atoms with Gasteiger partial charge < -0.3 is 24.4 Å². The molecule has 4 rings (SSSR count). The van der Waals surface area contributed by atoms with Crippen molar-refractivity contribution in [3.8, 4) is 11.6 Å². The molecule has 2 aromatic rings. The Hall–Kier alpha value is -3.56. The summed E-state index contributed by atoms with van der Waals surface area (Å²) >= 11 is 0. The first-order valence-electron chi connectivity index (χ1n) is 12.5. The van der Waals surface area contributed by atoms with E-state index >= 15 is 4.39 Å². The molecule has 10 heteroatoms. The Kier molecular flexibility index (Phi) is 7.47. The lowest BCUT2D eigenvalue weighted by atomic mass is 9.96. The van der Waals surface area contributed by atoms with Gasteiger partial charge in [-0.3, -0.25) is 9.69 Å². The summed E-state index contributed by atoms with van der Waals surface area (Å²) in [6.07, 6.45) is 0.721. The molecular weight excluding hydrogens is 479 g/mol. The van der Waals surface area contributed by atoms with Crippen molar-refractivity contribution in [3.05, 3.63) is 47.8 Å². The summed E-state index contributed by atoms with van der Waals surface area (Å²) in [6.45, 7) is 8.71. The van der Waals surface area contributed by atoms with Gasteiger partial charge in [0.15, 0.2) is 11.6 Å². The van der Waals surface area contributed by atoms with Crippen LogP contribution in [-0.2, 0) is 16.1 Å². The van der Waals surface area contributed by atoms with Crippen LogP contribution in [0, 0.1) is 5.82 Å². The number of methoxy groups -OCH3 is 1. The molecule has 1 unspecified atom stereocenters. The van der Waals surface area contributed by atoms with Crippen molar-refractivity contribution in [2.45, 2.75) is 64.3 Å². The van der Waals surface area contributed by atoms with Gasteiger partial charge in [0.2, 0.25) is 11.8 Å². The molecule has 1 N–H and O–H groups in total. The first kappa shape index (κ1) is 26.5. The highest BCUT2D eigenvalue weighted by molar-refractivity contribution is 5.86. The fourth-order valence-electron chi connectivity index (χ4n) is 4.65. The number of anilines is 1. The Morgan fingerprint density at radius 2 is 1.92 bits per heavy atom. The van der Waals surface area contributed by atoms with Gasteiger partial charge in [-0.05, 0) is 58.7 Å². The Balaban J connectivity index is 1.38. The summed E-state index contributed by atoms with van der Waals surface area (Å²) in [6, 6.07) is 10.2. The number of amides is 2. The lowest BCUT2D eigenvalue weighted by Gasteiger charge is -2.48. The van der Waals surface area contributed by atoms with Gasteiger partial charge in [-0.2, -0.15) is 4.98 Å². The predicted octanol–water partition coefficient (Wildman–Crippen LogP) is 3.90. The number of hydrogen-bond acceptors (Lipinski definition) is 7. The fraction of sp³-hybridized carbons (Fsp3) is 0.519.